The minimum absolute atomic E-state index is 0.0179. The summed E-state index contributed by atoms with van der Waals surface area (Å²) in [5.74, 6) is 0. The Hall–Kier alpha value is 0.320. The van der Waals surface area contributed by atoms with Gasteiger partial charge in [0.25, 0.3) is 0 Å². The fourth-order valence-electron chi connectivity index (χ4n) is 1.96. The van der Waals surface area contributed by atoms with Gasteiger partial charge in [0.2, 0.25) is 0 Å². The first-order valence-electron chi connectivity index (χ1n) is 6.42. The smallest absolute Gasteiger partial charge is 0.0930 e. The monoisotopic (exact) mass is 538 g/mol. The molecule has 0 amide bonds. The average Bonchev–Trinajstić information content (AvgIpc) is 2.51. The Morgan fingerprint density at radius 3 is 1.29 bits per heavy atom. The van der Waals surface area contributed by atoms with E-state index in [1.54, 1.807) is 0 Å². The second-order valence-corrected chi connectivity index (χ2v) is 7.65. The molecule has 5 heteroatoms. The highest BCUT2D eigenvalue weighted by Gasteiger charge is 2.18. The zero-order chi connectivity index (χ0) is 15.2. The Bertz CT molecular complexity index is 502. The summed E-state index contributed by atoms with van der Waals surface area (Å²) in [5, 5.41) is 1.52. The van der Waals surface area contributed by atoms with Gasteiger partial charge in [0.15, 0.2) is 0 Å². The van der Waals surface area contributed by atoms with Crippen LogP contribution in [0.2, 0.25) is 0 Å². The van der Waals surface area contributed by atoms with Crippen LogP contribution < -0.4 is 0 Å². The van der Waals surface area contributed by atoms with Crippen LogP contribution in [-0.4, -0.2) is 10.7 Å². The Kier molecular flexibility index (Phi) is 7.42. The van der Waals surface area contributed by atoms with Crippen LogP contribution in [0.1, 0.15) is 23.3 Å². The van der Waals surface area contributed by atoms with Crippen LogP contribution in [0, 0.1) is 0 Å². The van der Waals surface area contributed by atoms with Crippen molar-refractivity contribution in [3.05, 3.63) is 68.6 Å². The van der Waals surface area contributed by atoms with Crippen molar-refractivity contribution in [1.29, 1.82) is 0 Å². The van der Waals surface area contributed by atoms with Crippen LogP contribution in [0.3, 0.4) is 0 Å². The molecule has 0 heterocycles. The highest BCUT2D eigenvalue weighted by molar-refractivity contribution is 9.11. The van der Waals surface area contributed by atoms with E-state index in [0.717, 1.165) is 30.7 Å². The van der Waals surface area contributed by atoms with E-state index in [1.165, 1.54) is 0 Å². The van der Waals surface area contributed by atoms with Gasteiger partial charge < -0.3 is 4.74 Å². The Labute approximate surface area is 159 Å². The molecule has 0 aromatic heterocycles. The molecule has 112 valence electrons. The first-order valence-corrected chi connectivity index (χ1v) is 10.2. The van der Waals surface area contributed by atoms with Gasteiger partial charge in [-0.2, -0.15) is 0 Å². The normalized spacial score (nSPS) is 13.9. The van der Waals surface area contributed by atoms with Gasteiger partial charge in [-0.3, -0.25) is 0 Å². The topological polar surface area (TPSA) is 9.23 Å². The molecule has 2 rings (SSSR count). The molecule has 0 spiro atoms. The second-order valence-electron chi connectivity index (χ2n) is 4.53. The SMILES string of the molecule is BrCC(OC(CBr)c1ccc(Br)cc1)c1ccc(Br)cc1. The van der Waals surface area contributed by atoms with Gasteiger partial charge in [0.1, 0.15) is 0 Å². The highest BCUT2D eigenvalue weighted by Crippen LogP contribution is 2.30. The number of ether oxygens (including phenoxy) is 1. The fourth-order valence-corrected chi connectivity index (χ4v) is 3.54. The lowest BCUT2D eigenvalue weighted by molar-refractivity contribution is 0.0128. The van der Waals surface area contributed by atoms with Crippen molar-refractivity contribution in [3.8, 4) is 0 Å². The summed E-state index contributed by atoms with van der Waals surface area (Å²) < 4.78 is 8.42. The van der Waals surface area contributed by atoms with Gasteiger partial charge >= 0.3 is 0 Å². The first-order chi connectivity index (χ1) is 10.1. The molecule has 2 unspecified atom stereocenters. The molecule has 21 heavy (non-hydrogen) atoms. The number of benzene rings is 2. The molecule has 0 N–H and O–H groups in total. The van der Waals surface area contributed by atoms with E-state index in [-0.39, 0.29) is 12.2 Å². The molecule has 2 aromatic rings. The lowest BCUT2D eigenvalue weighted by atomic mass is 10.1. The zero-order valence-corrected chi connectivity index (χ0v) is 17.5. The summed E-state index contributed by atoms with van der Waals surface area (Å²) in [4.78, 5) is 0. The van der Waals surface area contributed by atoms with Gasteiger partial charge in [0.05, 0.1) is 12.2 Å². The number of hydrogen-bond acceptors (Lipinski definition) is 1. The molecule has 0 saturated heterocycles. The van der Waals surface area contributed by atoms with E-state index in [1.807, 2.05) is 24.3 Å². The van der Waals surface area contributed by atoms with Crippen LogP contribution in [0.4, 0.5) is 0 Å². The number of halogens is 4. The standard InChI is InChI=1S/C16H14Br4O/c17-9-15(11-1-5-13(19)6-2-11)21-16(10-18)12-3-7-14(20)8-4-12/h1-8,15-16H,9-10H2. The second kappa shape index (κ2) is 8.82. The van der Waals surface area contributed by atoms with Crippen molar-refractivity contribution < 1.29 is 4.74 Å². The summed E-state index contributed by atoms with van der Waals surface area (Å²) in [6.45, 7) is 0. The molecule has 0 fully saturated rings. The number of rotatable bonds is 6. The molecule has 0 aliphatic heterocycles. The van der Waals surface area contributed by atoms with Crippen LogP contribution in [0.5, 0.6) is 0 Å². The van der Waals surface area contributed by atoms with E-state index >= 15 is 0 Å². The molecule has 1 nitrogen and oxygen atoms in total. The Morgan fingerprint density at radius 1 is 0.667 bits per heavy atom. The molecule has 0 radical (unpaired) electrons. The van der Waals surface area contributed by atoms with Gasteiger partial charge in [-0.15, -0.1) is 0 Å². The maximum absolute atomic E-state index is 6.28. The number of alkyl halides is 2. The minimum Gasteiger partial charge on any atom is -0.364 e. The maximum Gasteiger partial charge on any atom is 0.0930 e. The van der Waals surface area contributed by atoms with Crippen molar-refractivity contribution in [2.45, 2.75) is 12.2 Å². The van der Waals surface area contributed by atoms with Gasteiger partial charge in [-0.1, -0.05) is 88.0 Å². The third-order valence-electron chi connectivity index (χ3n) is 3.09. The number of hydrogen-bond donors (Lipinski definition) is 0. The van der Waals surface area contributed by atoms with Crippen LogP contribution >= 0.6 is 63.7 Å². The van der Waals surface area contributed by atoms with E-state index in [0.29, 0.717) is 0 Å². The molecular formula is C16H14Br4O. The molecule has 0 saturated carbocycles. The summed E-state index contributed by atoms with van der Waals surface area (Å²) >= 11 is 14.0. The molecule has 0 aliphatic carbocycles. The summed E-state index contributed by atoms with van der Waals surface area (Å²) in [6.07, 6.45) is 0.0357. The van der Waals surface area contributed by atoms with E-state index < -0.39 is 0 Å². The van der Waals surface area contributed by atoms with Gasteiger partial charge in [0, 0.05) is 19.6 Å². The quantitative estimate of drug-likeness (QED) is 0.366. The maximum atomic E-state index is 6.28. The van der Waals surface area contributed by atoms with Crippen molar-refractivity contribution in [2.24, 2.45) is 0 Å². The van der Waals surface area contributed by atoms with E-state index in [2.05, 4.69) is 88.0 Å². The van der Waals surface area contributed by atoms with Crippen molar-refractivity contribution >= 4 is 63.7 Å². The highest BCUT2D eigenvalue weighted by atomic mass is 79.9. The van der Waals surface area contributed by atoms with E-state index in [4.69, 9.17) is 4.74 Å². The van der Waals surface area contributed by atoms with Gasteiger partial charge in [-0.25, -0.2) is 0 Å². The summed E-state index contributed by atoms with van der Waals surface area (Å²) in [6, 6.07) is 16.5. The third kappa shape index (κ3) is 5.17. The largest absolute Gasteiger partial charge is 0.364 e. The van der Waals surface area contributed by atoms with E-state index in [9.17, 15) is 0 Å². The summed E-state index contributed by atoms with van der Waals surface area (Å²) in [5.41, 5.74) is 2.33. The minimum atomic E-state index is 0.0179. The summed E-state index contributed by atoms with van der Waals surface area (Å²) in [7, 11) is 0. The zero-order valence-electron chi connectivity index (χ0n) is 11.1. The predicted octanol–water partition coefficient (Wildman–Crippen LogP) is 6.80. The third-order valence-corrected chi connectivity index (χ3v) is 5.33. The molecule has 0 aliphatic rings. The first kappa shape index (κ1) is 17.7. The molecule has 2 atom stereocenters. The fraction of sp³-hybridized carbons (Fsp3) is 0.250. The Balaban J connectivity index is 2.15. The van der Waals surface area contributed by atoms with Crippen LogP contribution in [0.25, 0.3) is 0 Å². The lowest BCUT2D eigenvalue weighted by Crippen LogP contribution is -2.13. The van der Waals surface area contributed by atoms with Crippen LogP contribution in [-0.2, 0) is 4.74 Å². The van der Waals surface area contributed by atoms with Crippen molar-refractivity contribution in [2.75, 3.05) is 10.7 Å². The molecular weight excluding hydrogens is 528 g/mol. The van der Waals surface area contributed by atoms with Crippen molar-refractivity contribution in [1.82, 2.24) is 0 Å². The van der Waals surface area contributed by atoms with Crippen molar-refractivity contribution in [3.63, 3.8) is 0 Å². The predicted molar refractivity (Wildman–Crippen MR) is 102 cm³/mol. The lowest BCUT2D eigenvalue weighted by Gasteiger charge is -2.23. The Morgan fingerprint density at radius 2 is 1.00 bits per heavy atom. The van der Waals surface area contributed by atoms with Crippen LogP contribution in [0.15, 0.2) is 57.5 Å². The molecule has 2 aromatic carbocycles. The molecule has 0 bridgehead atoms. The average molecular weight is 542 g/mol. The van der Waals surface area contributed by atoms with Gasteiger partial charge in [-0.05, 0) is 35.4 Å².